The number of hydrogen-bond acceptors (Lipinski definition) is 6. The predicted octanol–water partition coefficient (Wildman–Crippen LogP) is 4.35. The van der Waals surface area contributed by atoms with E-state index in [1.807, 2.05) is 0 Å². The Labute approximate surface area is 189 Å². The summed E-state index contributed by atoms with van der Waals surface area (Å²) in [7, 11) is 0. The molecule has 0 aromatic carbocycles. The molecule has 0 amide bonds. The van der Waals surface area contributed by atoms with Gasteiger partial charge in [-0.05, 0) is 46.5 Å². The standard InChI is InChI=1S/C25H46N2O4/c1-16(2)20-12-18(13-23(5,6)26-20)30-21(28)10-11-22(29)31-19-14-24(7,8)27-25(9,15-19)17(3)4/h16-20,26-27H,10-15H2,1-9H3. The number of hydrogen-bond donors (Lipinski definition) is 2. The van der Waals surface area contributed by atoms with E-state index in [9.17, 15) is 9.59 Å². The molecule has 4 atom stereocenters. The molecule has 0 aliphatic carbocycles. The fourth-order valence-corrected chi connectivity index (χ4v) is 5.23. The van der Waals surface area contributed by atoms with Crippen LogP contribution >= 0.6 is 0 Å². The first kappa shape index (κ1) is 26.1. The van der Waals surface area contributed by atoms with Crippen LogP contribution in [0.3, 0.4) is 0 Å². The molecule has 4 unspecified atom stereocenters. The molecule has 0 saturated carbocycles. The highest BCUT2D eigenvalue weighted by Crippen LogP contribution is 2.35. The largest absolute Gasteiger partial charge is 0.462 e. The van der Waals surface area contributed by atoms with Gasteiger partial charge in [-0.3, -0.25) is 9.59 Å². The summed E-state index contributed by atoms with van der Waals surface area (Å²) in [4.78, 5) is 24.9. The molecule has 6 nitrogen and oxygen atoms in total. The maximum absolute atomic E-state index is 12.5. The Bertz CT molecular complexity index is 643. The SMILES string of the molecule is CC(C)C1CC(OC(=O)CCC(=O)OC2CC(C)(C)NC(C)(C(C)C)C2)CC(C)(C)N1. The summed E-state index contributed by atoms with van der Waals surface area (Å²) >= 11 is 0. The van der Waals surface area contributed by atoms with Crippen LogP contribution in [0.2, 0.25) is 0 Å². The first-order chi connectivity index (χ1) is 14.1. The second-order valence-electron chi connectivity index (χ2n) is 12.0. The van der Waals surface area contributed by atoms with Crippen molar-refractivity contribution in [2.45, 2.75) is 136 Å². The second kappa shape index (κ2) is 9.78. The van der Waals surface area contributed by atoms with E-state index in [0.717, 1.165) is 25.7 Å². The number of carbonyl (C=O) groups is 2. The third kappa shape index (κ3) is 7.74. The Morgan fingerprint density at radius 2 is 1.35 bits per heavy atom. The molecule has 180 valence electrons. The third-order valence-corrected chi connectivity index (χ3v) is 7.05. The van der Waals surface area contributed by atoms with Crippen molar-refractivity contribution in [3.05, 3.63) is 0 Å². The van der Waals surface area contributed by atoms with Crippen molar-refractivity contribution in [2.24, 2.45) is 11.8 Å². The van der Waals surface area contributed by atoms with Crippen molar-refractivity contribution in [3.8, 4) is 0 Å². The highest BCUT2D eigenvalue weighted by Gasteiger charge is 2.43. The summed E-state index contributed by atoms with van der Waals surface area (Å²) in [6.45, 7) is 19.5. The van der Waals surface area contributed by atoms with Crippen LogP contribution in [0.25, 0.3) is 0 Å². The molecule has 2 rings (SSSR count). The van der Waals surface area contributed by atoms with E-state index >= 15 is 0 Å². The zero-order valence-corrected chi connectivity index (χ0v) is 21.3. The van der Waals surface area contributed by atoms with Gasteiger partial charge in [-0.25, -0.2) is 0 Å². The molecule has 2 N–H and O–H groups in total. The minimum absolute atomic E-state index is 0.0675. The van der Waals surface area contributed by atoms with E-state index in [0.29, 0.717) is 17.9 Å². The van der Waals surface area contributed by atoms with Crippen molar-refractivity contribution < 1.29 is 19.1 Å². The number of rotatable bonds is 7. The van der Waals surface area contributed by atoms with Crippen LogP contribution in [-0.4, -0.2) is 46.8 Å². The van der Waals surface area contributed by atoms with Gasteiger partial charge in [0.05, 0.1) is 12.8 Å². The Balaban J connectivity index is 1.83. The molecule has 2 saturated heterocycles. The lowest BCUT2D eigenvalue weighted by atomic mass is 9.74. The zero-order valence-electron chi connectivity index (χ0n) is 21.3. The quantitative estimate of drug-likeness (QED) is 0.576. The molecule has 6 heteroatoms. The molecule has 2 heterocycles. The molecule has 31 heavy (non-hydrogen) atoms. The Kier molecular flexibility index (Phi) is 8.24. The van der Waals surface area contributed by atoms with Crippen LogP contribution in [0.15, 0.2) is 0 Å². The third-order valence-electron chi connectivity index (χ3n) is 7.05. The van der Waals surface area contributed by atoms with Crippen LogP contribution in [0, 0.1) is 11.8 Å². The van der Waals surface area contributed by atoms with E-state index < -0.39 is 0 Å². The summed E-state index contributed by atoms with van der Waals surface area (Å²) in [6, 6.07) is 0.324. The maximum Gasteiger partial charge on any atom is 0.306 e. The summed E-state index contributed by atoms with van der Waals surface area (Å²) in [6.07, 6.45) is 3.06. The minimum atomic E-state index is -0.309. The number of carbonyl (C=O) groups excluding carboxylic acids is 2. The van der Waals surface area contributed by atoms with E-state index in [2.05, 4.69) is 72.9 Å². The van der Waals surface area contributed by atoms with Gasteiger partial charge in [0.25, 0.3) is 0 Å². The molecular formula is C25H46N2O4. The number of ether oxygens (including phenoxy) is 2. The summed E-state index contributed by atoms with van der Waals surface area (Å²) < 4.78 is 11.5. The van der Waals surface area contributed by atoms with Gasteiger partial charge in [0.1, 0.15) is 12.2 Å². The normalized spacial score (nSPS) is 32.7. The van der Waals surface area contributed by atoms with Crippen molar-refractivity contribution in [3.63, 3.8) is 0 Å². The fraction of sp³-hybridized carbons (Fsp3) is 0.920. The van der Waals surface area contributed by atoms with E-state index in [1.54, 1.807) is 0 Å². The van der Waals surface area contributed by atoms with Gasteiger partial charge < -0.3 is 20.1 Å². The molecule has 0 aromatic rings. The monoisotopic (exact) mass is 438 g/mol. The van der Waals surface area contributed by atoms with Gasteiger partial charge in [0.15, 0.2) is 0 Å². The molecule has 0 radical (unpaired) electrons. The van der Waals surface area contributed by atoms with Crippen molar-refractivity contribution in [1.29, 1.82) is 0 Å². The van der Waals surface area contributed by atoms with Gasteiger partial charge in [-0.2, -0.15) is 0 Å². The molecular weight excluding hydrogens is 392 g/mol. The highest BCUT2D eigenvalue weighted by molar-refractivity contribution is 5.77. The molecule has 0 aromatic heterocycles. The van der Waals surface area contributed by atoms with E-state index in [-0.39, 0.29) is 53.6 Å². The van der Waals surface area contributed by atoms with Gasteiger partial charge in [0, 0.05) is 48.3 Å². The van der Waals surface area contributed by atoms with E-state index in [4.69, 9.17) is 9.47 Å². The van der Waals surface area contributed by atoms with Crippen LogP contribution in [0.1, 0.15) is 101 Å². The Hall–Kier alpha value is -1.14. The lowest BCUT2D eigenvalue weighted by Crippen LogP contribution is -2.63. The molecule has 2 fully saturated rings. The molecule has 0 spiro atoms. The van der Waals surface area contributed by atoms with Gasteiger partial charge >= 0.3 is 11.9 Å². The lowest BCUT2D eigenvalue weighted by molar-refractivity contribution is -0.160. The van der Waals surface area contributed by atoms with Crippen LogP contribution < -0.4 is 10.6 Å². The van der Waals surface area contributed by atoms with Crippen molar-refractivity contribution in [2.75, 3.05) is 0 Å². The summed E-state index contributed by atoms with van der Waals surface area (Å²) in [5.41, 5.74) is -0.252. The molecule has 2 aliphatic heterocycles. The zero-order chi connectivity index (χ0) is 23.6. The minimum Gasteiger partial charge on any atom is -0.462 e. The highest BCUT2D eigenvalue weighted by atomic mass is 16.6. The van der Waals surface area contributed by atoms with Crippen LogP contribution in [0.5, 0.6) is 0 Å². The second-order valence-corrected chi connectivity index (χ2v) is 12.0. The molecule has 0 bridgehead atoms. The average Bonchev–Trinajstić information content (AvgIpc) is 2.56. The van der Waals surface area contributed by atoms with Crippen molar-refractivity contribution >= 4 is 11.9 Å². The average molecular weight is 439 g/mol. The topological polar surface area (TPSA) is 76.7 Å². The summed E-state index contributed by atoms with van der Waals surface area (Å²) in [5, 5.41) is 7.36. The summed E-state index contributed by atoms with van der Waals surface area (Å²) in [5.74, 6) is 0.282. The Morgan fingerprint density at radius 3 is 1.87 bits per heavy atom. The van der Waals surface area contributed by atoms with Crippen LogP contribution in [-0.2, 0) is 19.1 Å². The molecule has 2 aliphatic rings. The fourth-order valence-electron chi connectivity index (χ4n) is 5.23. The van der Waals surface area contributed by atoms with Gasteiger partial charge in [0.2, 0.25) is 0 Å². The Morgan fingerprint density at radius 1 is 0.839 bits per heavy atom. The number of esters is 2. The van der Waals surface area contributed by atoms with Gasteiger partial charge in [-0.15, -0.1) is 0 Å². The number of piperidine rings is 2. The number of nitrogens with one attached hydrogen (secondary N) is 2. The first-order valence-corrected chi connectivity index (χ1v) is 12.1. The maximum atomic E-state index is 12.5. The first-order valence-electron chi connectivity index (χ1n) is 12.1. The smallest absolute Gasteiger partial charge is 0.306 e. The van der Waals surface area contributed by atoms with E-state index in [1.165, 1.54) is 0 Å². The predicted molar refractivity (Wildman–Crippen MR) is 124 cm³/mol. The van der Waals surface area contributed by atoms with Gasteiger partial charge in [-0.1, -0.05) is 27.7 Å². The van der Waals surface area contributed by atoms with Crippen molar-refractivity contribution in [1.82, 2.24) is 10.6 Å². The lowest BCUT2D eigenvalue weighted by Gasteiger charge is -2.49. The van der Waals surface area contributed by atoms with Crippen LogP contribution in [0.4, 0.5) is 0 Å².